The lowest BCUT2D eigenvalue weighted by molar-refractivity contribution is -0.128. The molecule has 3 N–H and O–H groups in total. The highest BCUT2D eigenvalue weighted by Crippen LogP contribution is 2.31. The van der Waals surface area contributed by atoms with Crippen molar-refractivity contribution in [2.24, 2.45) is 11.7 Å². The molecule has 1 saturated carbocycles. The van der Waals surface area contributed by atoms with Crippen molar-refractivity contribution in [3.8, 4) is 0 Å². The molecule has 0 radical (unpaired) electrons. The van der Waals surface area contributed by atoms with Gasteiger partial charge in [0.1, 0.15) is 0 Å². The average Bonchev–Trinajstić information content (AvgIpc) is 2.37. The molecule has 2 unspecified atom stereocenters. The SMILES string of the molecule is CC1(N)CCCCC1C(=O)NCc1ccc(Cl)cc1.Cl. The molecule has 0 bridgehead atoms. The van der Waals surface area contributed by atoms with Crippen molar-refractivity contribution >= 4 is 29.9 Å². The Hall–Kier alpha value is -0.770. The first-order valence-electron chi connectivity index (χ1n) is 6.80. The lowest BCUT2D eigenvalue weighted by Crippen LogP contribution is -2.52. The fourth-order valence-electron chi connectivity index (χ4n) is 2.70. The first-order valence-corrected chi connectivity index (χ1v) is 7.18. The standard InChI is InChI=1S/C15H21ClN2O.ClH/c1-15(17)9-3-2-4-13(15)14(19)18-10-11-5-7-12(16)8-6-11;/h5-8,13H,2-4,9-10,17H2,1H3,(H,18,19);1H. The third-order valence-electron chi connectivity index (χ3n) is 3.95. The second-order valence-corrected chi connectivity index (χ2v) is 6.08. The van der Waals surface area contributed by atoms with Crippen LogP contribution >= 0.6 is 24.0 Å². The summed E-state index contributed by atoms with van der Waals surface area (Å²) in [6.45, 7) is 2.52. The first kappa shape index (κ1) is 17.3. The number of amides is 1. The van der Waals surface area contributed by atoms with Crippen molar-refractivity contribution in [3.05, 3.63) is 34.9 Å². The predicted octanol–water partition coefficient (Wildman–Crippen LogP) is 3.29. The Morgan fingerprint density at radius 2 is 2.05 bits per heavy atom. The average molecular weight is 317 g/mol. The van der Waals surface area contributed by atoms with Gasteiger partial charge in [0.2, 0.25) is 5.91 Å². The summed E-state index contributed by atoms with van der Waals surface area (Å²) in [6, 6.07) is 7.50. The maximum Gasteiger partial charge on any atom is 0.225 e. The summed E-state index contributed by atoms with van der Waals surface area (Å²) in [5.74, 6) is -0.00630. The van der Waals surface area contributed by atoms with E-state index in [0.29, 0.717) is 11.6 Å². The van der Waals surface area contributed by atoms with Gasteiger partial charge in [0.05, 0.1) is 5.92 Å². The van der Waals surface area contributed by atoms with E-state index in [0.717, 1.165) is 31.2 Å². The number of nitrogens with one attached hydrogen (secondary N) is 1. The fourth-order valence-corrected chi connectivity index (χ4v) is 2.83. The number of carbonyl (C=O) groups excluding carboxylic acids is 1. The minimum absolute atomic E-state index is 0. The quantitative estimate of drug-likeness (QED) is 0.899. The van der Waals surface area contributed by atoms with E-state index in [9.17, 15) is 4.79 Å². The van der Waals surface area contributed by atoms with Gasteiger partial charge in [0.25, 0.3) is 0 Å². The van der Waals surface area contributed by atoms with Crippen molar-refractivity contribution in [3.63, 3.8) is 0 Å². The Morgan fingerprint density at radius 3 is 2.65 bits per heavy atom. The second-order valence-electron chi connectivity index (χ2n) is 5.65. The highest BCUT2D eigenvalue weighted by molar-refractivity contribution is 6.30. The monoisotopic (exact) mass is 316 g/mol. The highest BCUT2D eigenvalue weighted by Gasteiger charge is 2.37. The lowest BCUT2D eigenvalue weighted by atomic mass is 9.74. The molecule has 2 rings (SSSR count). The van der Waals surface area contributed by atoms with Crippen LogP contribution in [0.2, 0.25) is 5.02 Å². The van der Waals surface area contributed by atoms with Gasteiger partial charge in [-0.3, -0.25) is 4.79 Å². The minimum Gasteiger partial charge on any atom is -0.352 e. The molecule has 0 saturated heterocycles. The van der Waals surface area contributed by atoms with Crippen LogP contribution in [-0.4, -0.2) is 11.4 Å². The zero-order valence-corrected chi connectivity index (χ0v) is 13.3. The Labute approximate surface area is 131 Å². The summed E-state index contributed by atoms with van der Waals surface area (Å²) < 4.78 is 0. The molecule has 1 aromatic carbocycles. The molecule has 0 aliphatic heterocycles. The molecule has 1 fully saturated rings. The van der Waals surface area contributed by atoms with E-state index < -0.39 is 0 Å². The topological polar surface area (TPSA) is 55.1 Å². The molecule has 3 nitrogen and oxygen atoms in total. The van der Waals surface area contributed by atoms with Crippen LogP contribution in [0.4, 0.5) is 0 Å². The van der Waals surface area contributed by atoms with E-state index >= 15 is 0 Å². The van der Waals surface area contributed by atoms with Crippen molar-refractivity contribution in [2.75, 3.05) is 0 Å². The number of hydrogen-bond acceptors (Lipinski definition) is 2. The third-order valence-corrected chi connectivity index (χ3v) is 4.20. The van der Waals surface area contributed by atoms with Crippen LogP contribution in [0.5, 0.6) is 0 Å². The summed E-state index contributed by atoms with van der Waals surface area (Å²) in [6.07, 6.45) is 4.02. The minimum atomic E-state index is -0.373. The molecular weight excluding hydrogens is 295 g/mol. The van der Waals surface area contributed by atoms with Gasteiger partial charge in [0.15, 0.2) is 0 Å². The predicted molar refractivity (Wildman–Crippen MR) is 85.1 cm³/mol. The van der Waals surface area contributed by atoms with E-state index in [-0.39, 0.29) is 29.8 Å². The second kappa shape index (κ2) is 7.30. The van der Waals surface area contributed by atoms with Crippen LogP contribution in [0.3, 0.4) is 0 Å². The van der Waals surface area contributed by atoms with Crippen molar-refractivity contribution < 1.29 is 4.79 Å². The van der Waals surface area contributed by atoms with Crippen LogP contribution in [0.15, 0.2) is 24.3 Å². The summed E-state index contributed by atoms with van der Waals surface area (Å²) >= 11 is 5.83. The summed E-state index contributed by atoms with van der Waals surface area (Å²) in [7, 11) is 0. The van der Waals surface area contributed by atoms with Gasteiger partial charge in [-0.25, -0.2) is 0 Å². The van der Waals surface area contributed by atoms with Crippen LogP contribution in [0.25, 0.3) is 0 Å². The van der Waals surface area contributed by atoms with Crippen molar-refractivity contribution in [1.29, 1.82) is 0 Å². The molecule has 0 spiro atoms. The maximum atomic E-state index is 12.2. The van der Waals surface area contributed by atoms with Crippen LogP contribution in [0, 0.1) is 5.92 Å². The zero-order valence-electron chi connectivity index (χ0n) is 11.7. The van der Waals surface area contributed by atoms with E-state index in [1.807, 2.05) is 31.2 Å². The third kappa shape index (κ3) is 4.37. The first-order chi connectivity index (χ1) is 8.99. The molecule has 1 aromatic rings. The molecule has 5 heteroatoms. The van der Waals surface area contributed by atoms with Gasteiger partial charge in [-0.2, -0.15) is 0 Å². The summed E-state index contributed by atoms with van der Waals surface area (Å²) in [4.78, 5) is 12.2. The Morgan fingerprint density at radius 1 is 1.40 bits per heavy atom. The van der Waals surface area contributed by atoms with Gasteiger partial charge in [0, 0.05) is 17.1 Å². The Balaban J connectivity index is 0.00000200. The number of carbonyl (C=O) groups is 1. The van der Waals surface area contributed by atoms with Crippen molar-refractivity contribution in [1.82, 2.24) is 5.32 Å². The number of halogens is 2. The van der Waals surface area contributed by atoms with E-state index in [2.05, 4.69) is 5.32 Å². The largest absolute Gasteiger partial charge is 0.352 e. The van der Waals surface area contributed by atoms with E-state index in [1.165, 1.54) is 0 Å². The molecule has 2 atom stereocenters. The van der Waals surface area contributed by atoms with Crippen LogP contribution in [-0.2, 0) is 11.3 Å². The van der Waals surface area contributed by atoms with E-state index in [4.69, 9.17) is 17.3 Å². The number of nitrogens with two attached hydrogens (primary N) is 1. The molecule has 112 valence electrons. The normalized spacial score (nSPS) is 25.6. The number of benzene rings is 1. The molecular formula is C15H22Cl2N2O. The summed E-state index contributed by atoms with van der Waals surface area (Å²) in [5, 5.41) is 3.69. The van der Waals surface area contributed by atoms with Crippen LogP contribution in [0.1, 0.15) is 38.2 Å². The number of rotatable bonds is 3. The van der Waals surface area contributed by atoms with Gasteiger partial charge >= 0.3 is 0 Å². The fraction of sp³-hybridized carbons (Fsp3) is 0.533. The zero-order chi connectivity index (χ0) is 13.9. The Bertz CT molecular complexity index is 446. The lowest BCUT2D eigenvalue weighted by Gasteiger charge is -2.37. The Kier molecular flexibility index (Phi) is 6.31. The van der Waals surface area contributed by atoms with E-state index in [1.54, 1.807) is 0 Å². The van der Waals surface area contributed by atoms with Gasteiger partial charge in [-0.15, -0.1) is 12.4 Å². The van der Waals surface area contributed by atoms with Gasteiger partial charge < -0.3 is 11.1 Å². The molecule has 1 aliphatic carbocycles. The van der Waals surface area contributed by atoms with Crippen molar-refractivity contribution in [2.45, 2.75) is 44.7 Å². The molecule has 1 amide bonds. The van der Waals surface area contributed by atoms with Crippen LogP contribution < -0.4 is 11.1 Å². The highest BCUT2D eigenvalue weighted by atomic mass is 35.5. The smallest absolute Gasteiger partial charge is 0.225 e. The number of hydrogen-bond donors (Lipinski definition) is 2. The molecule has 0 heterocycles. The molecule has 20 heavy (non-hydrogen) atoms. The summed E-state index contributed by atoms with van der Waals surface area (Å²) in [5.41, 5.74) is 6.91. The molecule has 0 aromatic heterocycles. The molecule has 1 aliphatic rings. The maximum absolute atomic E-state index is 12.2. The van der Waals surface area contributed by atoms with Gasteiger partial charge in [-0.05, 0) is 37.5 Å². The van der Waals surface area contributed by atoms with Gasteiger partial charge in [-0.1, -0.05) is 36.6 Å².